The average molecular weight is 544 g/mol. The Morgan fingerprint density at radius 3 is 2.61 bits per heavy atom. The summed E-state index contributed by atoms with van der Waals surface area (Å²) >= 11 is 5.92. The second-order valence-electron chi connectivity index (χ2n) is 8.94. The lowest BCUT2D eigenvalue weighted by Gasteiger charge is -2.34. The summed E-state index contributed by atoms with van der Waals surface area (Å²) < 4.78 is 33.0. The number of rotatable bonds is 8. The van der Waals surface area contributed by atoms with Gasteiger partial charge in [0, 0.05) is 75.1 Å². The number of piperazine rings is 1. The van der Waals surface area contributed by atoms with Gasteiger partial charge < -0.3 is 20.7 Å². The molecule has 38 heavy (non-hydrogen) atoms. The van der Waals surface area contributed by atoms with E-state index in [2.05, 4.69) is 15.2 Å². The molecule has 0 unspecified atom stereocenters. The number of carbonyl (C=O) groups excluding carboxylic acids is 2. The first-order valence-electron chi connectivity index (χ1n) is 12.1. The Kier molecular flexibility index (Phi) is 8.75. The lowest BCUT2D eigenvalue weighted by Crippen LogP contribution is -2.49. The summed E-state index contributed by atoms with van der Waals surface area (Å²) in [5.74, 6) is -1.47. The third kappa shape index (κ3) is 6.76. The van der Waals surface area contributed by atoms with E-state index < -0.39 is 11.6 Å². The lowest BCUT2D eigenvalue weighted by atomic mass is 10.0. The van der Waals surface area contributed by atoms with Crippen LogP contribution in [0.2, 0.25) is 5.02 Å². The number of benzene rings is 2. The summed E-state index contributed by atoms with van der Waals surface area (Å²) in [7, 11) is 0. The van der Waals surface area contributed by atoms with Gasteiger partial charge in [-0.15, -0.1) is 0 Å². The van der Waals surface area contributed by atoms with Crippen molar-refractivity contribution < 1.29 is 23.1 Å². The number of amides is 2. The standard InChI is InChI=1S/C27H28ClF2N5O3/c1-17(36)35-9-7-34(8-10-35)6-5-32-27(37)19-4-2-3-18(11-19)20-13-24(26(31)33-15-20)38-16-21-12-22(29)14-23(30)25(21)28/h2-4,11-15H,5-10,16H2,1H3,(H2,31,33)(H,32,37). The molecule has 0 atom stereocenters. The number of carbonyl (C=O) groups is 2. The summed E-state index contributed by atoms with van der Waals surface area (Å²) in [4.78, 5) is 32.4. The Labute approximate surface area is 224 Å². The molecular weight excluding hydrogens is 516 g/mol. The third-order valence-corrected chi connectivity index (χ3v) is 6.75. The molecule has 0 aliphatic carbocycles. The lowest BCUT2D eigenvalue weighted by molar-refractivity contribution is -0.130. The number of nitrogens with two attached hydrogens (primary N) is 1. The molecule has 200 valence electrons. The van der Waals surface area contributed by atoms with Gasteiger partial charge in [-0.3, -0.25) is 14.5 Å². The quantitative estimate of drug-likeness (QED) is 0.420. The van der Waals surface area contributed by atoms with Crippen molar-refractivity contribution >= 4 is 29.2 Å². The van der Waals surface area contributed by atoms with Crippen molar-refractivity contribution in [2.45, 2.75) is 13.5 Å². The first-order valence-corrected chi connectivity index (χ1v) is 12.5. The van der Waals surface area contributed by atoms with Gasteiger partial charge in [0.2, 0.25) is 5.91 Å². The van der Waals surface area contributed by atoms with Gasteiger partial charge >= 0.3 is 0 Å². The minimum atomic E-state index is -0.879. The SMILES string of the molecule is CC(=O)N1CCN(CCNC(=O)c2cccc(-c3cnc(N)c(OCc4cc(F)cc(F)c4Cl)c3)c2)CC1. The van der Waals surface area contributed by atoms with E-state index in [1.165, 1.54) is 0 Å². The van der Waals surface area contributed by atoms with E-state index in [0.717, 1.165) is 19.2 Å². The normalized spacial score (nSPS) is 13.8. The van der Waals surface area contributed by atoms with E-state index in [1.807, 2.05) is 11.0 Å². The number of nitrogen functional groups attached to an aromatic ring is 1. The van der Waals surface area contributed by atoms with Crippen LogP contribution in [0.15, 0.2) is 48.7 Å². The molecule has 4 rings (SSSR count). The predicted molar refractivity (Wildman–Crippen MR) is 141 cm³/mol. The Bertz CT molecular complexity index is 1330. The highest BCUT2D eigenvalue weighted by molar-refractivity contribution is 6.31. The Morgan fingerprint density at radius 1 is 1.11 bits per heavy atom. The summed E-state index contributed by atoms with van der Waals surface area (Å²) in [6, 6.07) is 10.5. The Balaban J connectivity index is 1.37. The fourth-order valence-electron chi connectivity index (χ4n) is 4.15. The molecule has 11 heteroatoms. The average Bonchev–Trinajstić information content (AvgIpc) is 2.91. The van der Waals surface area contributed by atoms with Gasteiger partial charge in [-0.1, -0.05) is 23.7 Å². The van der Waals surface area contributed by atoms with Gasteiger partial charge in [-0.05, 0) is 29.8 Å². The van der Waals surface area contributed by atoms with Crippen LogP contribution < -0.4 is 15.8 Å². The maximum atomic E-state index is 13.7. The summed E-state index contributed by atoms with van der Waals surface area (Å²) in [5.41, 5.74) is 7.91. The molecule has 0 bridgehead atoms. The van der Waals surface area contributed by atoms with Crippen molar-refractivity contribution in [2.75, 3.05) is 45.0 Å². The molecule has 1 saturated heterocycles. The molecule has 1 aliphatic rings. The zero-order valence-electron chi connectivity index (χ0n) is 20.8. The van der Waals surface area contributed by atoms with Crippen LogP contribution in [0.4, 0.5) is 14.6 Å². The number of halogens is 3. The van der Waals surface area contributed by atoms with Crippen LogP contribution >= 0.6 is 11.6 Å². The van der Waals surface area contributed by atoms with Gasteiger partial charge in [-0.2, -0.15) is 0 Å². The van der Waals surface area contributed by atoms with Crippen molar-refractivity contribution in [1.82, 2.24) is 20.1 Å². The van der Waals surface area contributed by atoms with Gasteiger partial charge in [0.05, 0.1) is 5.02 Å². The summed E-state index contributed by atoms with van der Waals surface area (Å²) in [6.45, 7) is 5.47. The molecule has 2 heterocycles. The van der Waals surface area contributed by atoms with Crippen molar-refractivity contribution in [1.29, 1.82) is 0 Å². The molecule has 8 nitrogen and oxygen atoms in total. The molecule has 0 spiro atoms. The molecule has 2 amide bonds. The van der Waals surface area contributed by atoms with Crippen LogP contribution in [0, 0.1) is 11.6 Å². The zero-order valence-corrected chi connectivity index (χ0v) is 21.6. The first kappa shape index (κ1) is 27.3. The third-order valence-electron chi connectivity index (χ3n) is 6.32. The van der Waals surface area contributed by atoms with Crippen LogP contribution in [0.25, 0.3) is 11.1 Å². The summed E-state index contributed by atoms with van der Waals surface area (Å²) in [5, 5.41) is 2.71. The van der Waals surface area contributed by atoms with E-state index >= 15 is 0 Å². The van der Waals surface area contributed by atoms with E-state index in [4.69, 9.17) is 22.1 Å². The molecule has 3 N–H and O–H groups in total. The molecular formula is C27H28ClF2N5O3. The Morgan fingerprint density at radius 2 is 1.87 bits per heavy atom. The highest BCUT2D eigenvalue weighted by Crippen LogP contribution is 2.29. The summed E-state index contributed by atoms with van der Waals surface area (Å²) in [6.07, 6.45) is 1.55. The number of aromatic nitrogens is 1. The van der Waals surface area contributed by atoms with Crippen LogP contribution in [0.3, 0.4) is 0 Å². The molecule has 1 fully saturated rings. The van der Waals surface area contributed by atoms with Gasteiger partial charge in [0.25, 0.3) is 5.91 Å². The number of hydrogen-bond donors (Lipinski definition) is 2. The number of anilines is 1. The zero-order chi connectivity index (χ0) is 27.2. The molecule has 3 aromatic rings. The van der Waals surface area contributed by atoms with Crippen molar-refractivity contribution in [2.24, 2.45) is 0 Å². The van der Waals surface area contributed by atoms with E-state index in [-0.39, 0.29) is 40.6 Å². The number of nitrogens with one attached hydrogen (secondary N) is 1. The monoisotopic (exact) mass is 543 g/mol. The van der Waals surface area contributed by atoms with Crippen LogP contribution in [-0.2, 0) is 11.4 Å². The van der Waals surface area contributed by atoms with E-state index in [9.17, 15) is 18.4 Å². The molecule has 0 radical (unpaired) electrons. The van der Waals surface area contributed by atoms with E-state index in [1.54, 1.807) is 37.4 Å². The number of nitrogens with zero attached hydrogens (tertiary/aromatic N) is 3. The largest absolute Gasteiger partial charge is 0.485 e. The first-order chi connectivity index (χ1) is 18.2. The van der Waals surface area contributed by atoms with Gasteiger partial charge in [0.1, 0.15) is 18.2 Å². The molecule has 0 saturated carbocycles. The number of ether oxygens (including phenoxy) is 1. The van der Waals surface area contributed by atoms with Gasteiger partial charge in [0.15, 0.2) is 11.6 Å². The van der Waals surface area contributed by atoms with Crippen molar-refractivity contribution in [3.05, 3.63) is 76.4 Å². The predicted octanol–water partition coefficient (Wildman–Crippen LogP) is 3.74. The minimum Gasteiger partial charge on any atom is -0.485 e. The number of hydrogen-bond acceptors (Lipinski definition) is 6. The van der Waals surface area contributed by atoms with Crippen LogP contribution in [0.1, 0.15) is 22.8 Å². The second kappa shape index (κ2) is 12.2. The molecule has 2 aromatic carbocycles. The fraction of sp³-hybridized carbons (Fsp3) is 0.296. The van der Waals surface area contributed by atoms with Crippen LogP contribution in [-0.4, -0.2) is 65.9 Å². The number of pyridine rings is 1. The second-order valence-corrected chi connectivity index (χ2v) is 9.32. The van der Waals surface area contributed by atoms with Crippen molar-refractivity contribution in [3.8, 4) is 16.9 Å². The minimum absolute atomic E-state index is 0.0826. The van der Waals surface area contributed by atoms with Crippen molar-refractivity contribution in [3.63, 3.8) is 0 Å². The van der Waals surface area contributed by atoms with E-state index in [0.29, 0.717) is 48.9 Å². The smallest absolute Gasteiger partial charge is 0.251 e. The fourth-order valence-corrected chi connectivity index (χ4v) is 4.32. The molecule has 1 aliphatic heterocycles. The topological polar surface area (TPSA) is 101 Å². The van der Waals surface area contributed by atoms with Gasteiger partial charge in [-0.25, -0.2) is 13.8 Å². The highest BCUT2D eigenvalue weighted by Gasteiger charge is 2.18. The Hall–Kier alpha value is -3.76. The maximum absolute atomic E-state index is 13.7. The highest BCUT2D eigenvalue weighted by atomic mass is 35.5. The van der Waals surface area contributed by atoms with Crippen LogP contribution in [0.5, 0.6) is 5.75 Å². The maximum Gasteiger partial charge on any atom is 0.251 e. The molecule has 1 aromatic heterocycles.